The summed E-state index contributed by atoms with van der Waals surface area (Å²) in [7, 11) is 1.57. The SMILES string of the molecule is COc1cccc(C(=O)N2CCN(C(=O)[C@]3(C)CC3(Cl)Cl)CC2)c1. The average molecular weight is 371 g/mol. The van der Waals surface area contributed by atoms with Crippen molar-refractivity contribution in [2.45, 2.75) is 17.7 Å². The number of hydrogen-bond donors (Lipinski definition) is 0. The highest BCUT2D eigenvalue weighted by Crippen LogP contribution is 2.64. The third kappa shape index (κ3) is 2.95. The van der Waals surface area contributed by atoms with Gasteiger partial charge in [0.15, 0.2) is 0 Å². The molecule has 1 aromatic carbocycles. The van der Waals surface area contributed by atoms with Gasteiger partial charge in [-0.2, -0.15) is 0 Å². The van der Waals surface area contributed by atoms with Crippen molar-refractivity contribution < 1.29 is 14.3 Å². The second-order valence-electron chi connectivity index (χ2n) is 6.53. The van der Waals surface area contributed by atoms with Crippen molar-refractivity contribution >= 4 is 35.0 Å². The van der Waals surface area contributed by atoms with Crippen molar-refractivity contribution in [2.24, 2.45) is 5.41 Å². The molecule has 3 rings (SSSR count). The first-order chi connectivity index (χ1) is 11.3. The Morgan fingerprint density at radius 2 is 1.71 bits per heavy atom. The average Bonchev–Trinajstić information content (AvgIpc) is 3.13. The zero-order valence-corrected chi connectivity index (χ0v) is 15.2. The molecule has 0 aromatic heterocycles. The van der Waals surface area contributed by atoms with Crippen LogP contribution in [0.15, 0.2) is 24.3 Å². The van der Waals surface area contributed by atoms with E-state index in [0.29, 0.717) is 43.9 Å². The van der Waals surface area contributed by atoms with Crippen molar-refractivity contribution in [1.29, 1.82) is 0 Å². The maximum Gasteiger partial charge on any atom is 0.254 e. The Hall–Kier alpha value is -1.46. The quantitative estimate of drug-likeness (QED) is 0.768. The molecule has 1 atom stereocenters. The summed E-state index contributed by atoms with van der Waals surface area (Å²) >= 11 is 12.2. The summed E-state index contributed by atoms with van der Waals surface area (Å²) in [5.41, 5.74) is -0.112. The van der Waals surface area contributed by atoms with Gasteiger partial charge in [-0.05, 0) is 31.5 Å². The lowest BCUT2D eigenvalue weighted by Crippen LogP contribution is -2.52. The molecule has 0 unspecified atom stereocenters. The molecule has 1 saturated carbocycles. The highest BCUT2D eigenvalue weighted by Gasteiger charge is 2.68. The number of rotatable bonds is 3. The van der Waals surface area contributed by atoms with E-state index in [2.05, 4.69) is 0 Å². The zero-order chi connectivity index (χ0) is 17.5. The predicted molar refractivity (Wildman–Crippen MR) is 92.6 cm³/mol. The van der Waals surface area contributed by atoms with Gasteiger partial charge in [-0.25, -0.2) is 0 Å². The Morgan fingerprint density at radius 3 is 2.25 bits per heavy atom. The summed E-state index contributed by atoms with van der Waals surface area (Å²) in [5, 5.41) is 0. The van der Waals surface area contributed by atoms with Gasteiger partial charge in [0.05, 0.1) is 12.5 Å². The van der Waals surface area contributed by atoms with E-state index < -0.39 is 9.75 Å². The molecule has 0 bridgehead atoms. The van der Waals surface area contributed by atoms with E-state index in [1.807, 2.05) is 0 Å². The van der Waals surface area contributed by atoms with E-state index >= 15 is 0 Å². The molecule has 1 aliphatic heterocycles. The number of piperazine rings is 1. The fraction of sp³-hybridized carbons (Fsp3) is 0.529. The molecule has 5 nitrogen and oxygen atoms in total. The summed E-state index contributed by atoms with van der Waals surface area (Å²) in [6, 6.07) is 7.08. The normalized spacial score (nSPS) is 25.3. The zero-order valence-electron chi connectivity index (χ0n) is 13.7. The first-order valence-corrected chi connectivity index (χ1v) is 8.65. The minimum absolute atomic E-state index is 0.0269. The third-order valence-electron chi connectivity index (χ3n) is 4.90. The lowest BCUT2D eigenvalue weighted by Gasteiger charge is -2.36. The van der Waals surface area contributed by atoms with Crippen molar-refractivity contribution in [3.63, 3.8) is 0 Å². The van der Waals surface area contributed by atoms with Crippen molar-refractivity contribution in [3.05, 3.63) is 29.8 Å². The van der Waals surface area contributed by atoms with Crippen molar-refractivity contribution in [3.8, 4) is 5.75 Å². The van der Waals surface area contributed by atoms with Crippen LogP contribution in [0.2, 0.25) is 0 Å². The van der Waals surface area contributed by atoms with Crippen LogP contribution in [0.4, 0.5) is 0 Å². The highest BCUT2D eigenvalue weighted by atomic mass is 35.5. The van der Waals surface area contributed by atoms with Gasteiger partial charge in [-0.15, -0.1) is 23.2 Å². The lowest BCUT2D eigenvalue weighted by molar-refractivity contribution is -0.137. The fourth-order valence-corrected chi connectivity index (χ4v) is 3.73. The lowest BCUT2D eigenvalue weighted by atomic mass is 10.1. The van der Waals surface area contributed by atoms with Crippen LogP contribution in [-0.2, 0) is 4.79 Å². The second-order valence-corrected chi connectivity index (χ2v) is 8.01. The maximum absolute atomic E-state index is 12.6. The standard InChI is InChI=1S/C17H20Cl2N2O3/c1-16(11-17(16,18)19)15(23)21-8-6-20(7-9-21)14(22)12-4-3-5-13(10-12)24-2/h3-5,10H,6-9,11H2,1-2H3/t16-/m0/s1. The molecule has 2 aliphatic rings. The number of methoxy groups -OCH3 is 1. The van der Waals surface area contributed by atoms with Gasteiger partial charge in [-0.3, -0.25) is 9.59 Å². The maximum atomic E-state index is 12.6. The number of hydrogen-bond acceptors (Lipinski definition) is 3. The summed E-state index contributed by atoms with van der Waals surface area (Å²) < 4.78 is 4.20. The van der Waals surface area contributed by atoms with Crippen LogP contribution < -0.4 is 4.74 Å². The Labute approximate surface area is 151 Å². The second kappa shape index (κ2) is 6.12. The molecule has 2 amide bonds. The molecule has 7 heteroatoms. The van der Waals surface area contributed by atoms with Crippen molar-refractivity contribution in [1.82, 2.24) is 9.80 Å². The number of halogens is 2. The van der Waals surface area contributed by atoms with Crippen LogP contribution >= 0.6 is 23.2 Å². The number of ether oxygens (including phenoxy) is 1. The van der Waals surface area contributed by atoms with Gasteiger partial charge in [0.1, 0.15) is 10.1 Å². The smallest absolute Gasteiger partial charge is 0.254 e. The summed E-state index contributed by atoms with van der Waals surface area (Å²) in [4.78, 5) is 28.7. The molecule has 1 saturated heterocycles. The molecular weight excluding hydrogens is 351 g/mol. The Balaban J connectivity index is 1.61. The fourth-order valence-electron chi connectivity index (χ4n) is 3.03. The van der Waals surface area contributed by atoms with Gasteiger partial charge >= 0.3 is 0 Å². The van der Waals surface area contributed by atoms with Crippen LogP contribution in [0.3, 0.4) is 0 Å². The highest BCUT2D eigenvalue weighted by molar-refractivity contribution is 6.53. The molecule has 0 N–H and O–H groups in total. The summed E-state index contributed by atoms with van der Waals surface area (Å²) in [5.74, 6) is 0.570. The van der Waals surface area contributed by atoms with Crippen LogP contribution in [0.1, 0.15) is 23.7 Å². The number of alkyl halides is 2. The Morgan fingerprint density at radius 1 is 1.12 bits per heavy atom. The minimum atomic E-state index is -0.961. The van der Waals surface area contributed by atoms with E-state index in [1.165, 1.54) is 0 Å². The molecule has 0 radical (unpaired) electrons. The molecular formula is C17H20Cl2N2O3. The minimum Gasteiger partial charge on any atom is -0.497 e. The molecule has 2 fully saturated rings. The molecule has 0 spiro atoms. The van der Waals surface area contributed by atoms with Crippen LogP contribution in [0, 0.1) is 5.41 Å². The van der Waals surface area contributed by atoms with E-state index in [9.17, 15) is 9.59 Å². The monoisotopic (exact) mass is 370 g/mol. The Bertz CT molecular complexity index is 672. The van der Waals surface area contributed by atoms with Gasteiger partial charge in [0, 0.05) is 31.7 Å². The first kappa shape index (κ1) is 17.4. The molecule has 1 aromatic rings. The van der Waals surface area contributed by atoms with E-state index in [4.69, 9.17) is 27.9 Å². The topological polar surface area (TPSA) is 49.9 Å². The largest absolute Gasteiger partial charge is 0.497 e. The van der Waals surface area contributed by atoms with E-state index in [0.717, 1.165) is 0 Å². The van der Waals surface area contributed by atoms with Crippen LogP contribution in [-0.4, -0.2) is 59.2 Å². The summed E-state index contributed by atoms with van der Waals surface area (Å²) in [6.45, 7) is 3.77. The number of amides is 2. The van der Waals surface area contributed by atoms with E-state index in [-0.39, 0.29) is 11.8 Å². The molecule has 24 heavy (non-hydrogen) atoms. The predicted octanol–water partition coefficient (Wildman–Crippen LogP) is 2.56. The summed E-state index contributed by atoms with van der Waals surface area (Å²) in [6.07, 6.45) is 0.477. The number of carbonyl (C=O) groups is 2. The number of nitrogens with zero attached hydrogens (tertiary/aromatic N) is 2. The molecule has 1 aliphatic carbocycles. The first-order valence-electron chi connectivity index (χ1n) is 7.89. The van der Waals surface area contributed by atoms with Crippen molar-refractivity contribution in [2.75, 3.05) is 33.3 Å². The van der Waals surface area contributed by atoms with Gasteiger partial charge in [0.2, 0.25) is 5.91 Å². The molecule has 1 heterocycles. The third-order valence-corrected chi connectivity index (χ3v) is 6.00. The van der Waals surface area contributed by atoms with Crippen LogP contribution in [0.5, 0.6) is 5.75 Å². The number of carbonyl (C=O) groups excluding carboxylic acids is 2. The van der Waals surface area contributed by atoms with Crippen LogP contribution in [0.25, 0.3) is 0 Å². The van der Waals surface area contributed by atoms with E-state index in [1.54, 1.807) is 48.1 Å². The number of benzene rings is 1. The van der Waals surface area contributed by atoms with Gasteiger partial charge < -0.3 is 14.5 Å². The Kier molecular flexibility index (Phi) is 4.43. The van der Waals surface area contributed by atoms with Gasteiger partial charge in [-0.1, -0.05) is 6.07 Å². The van der Waals surface area contributed by atoms with Gasteiger partial charge in [0.25, 0.3) is 5.91 Å². The molecule has 130 valence electrons.